The van der Waals surface area contributed by atoms with Crippen LogP contribution in [0.25, 0.3) is 31.5 Å². The first-order valence-corrected chi connectivity index (χ1v) is 8.76. The van der Waals surface area contributed by atoms with Crippen molar-refractivity contribution in [3.63, 3.8) is 0 Å². The smallest absolute Gasteiger partial charge is 0.271 e. The maximum absolute atomic E-state index is 12.9. The number of hydrogen-bond acceptors (Lipinski definition) is 5. The molecule has 0 aliphatic heterocycles. The monoisotopic (exact) mass is 325 g/mol. The number of rotatable bonds is 1. The van der Waals surface area contributed by atoms with Gasteiger partial charge in [0, 0.05) is 6.04 Å². The molecule has 0 spiro atoms. The lowest BCUT2D eigenvalue weighted by molar-refractivity contribution is 0.345. The van der Waals surface area contributed by atoms with Crippen LogP contribution in [0.2, 0.25) is 0 Å². The maximum Gasteiger partial charge on any atom is 0.271 e. The summed E-state index contributed by atoms with van der Waals surface area (Å²) in [6, 6.07) is 0.289. The van der Waals surface area contributed by atoms with Crippen LogP contribution < -0.4 is 5.56 Å². The summed E-state index contributed by atoms with van der Waals surface area (Å²) in [4.78, 5) is 30.3. The molecule has 0 unspecified atom stereocenters. The molecule has 0 saturated heterocycles. The second-order valence-corrected chi connectivity index (χ2v) is 7.13. The molecule has 4 heterocycles. The van der Waals surface area contributed by atoms with E-state index in [0.29, 0.717) is 4.70 Å². The number of aromatic amines is 1. The molecule has 5 rings (SSSR count). The van der Waals surface area contributed by atoms with Gasteiger partial charge in [-0.15, -0.1) is 11.3 Å². The number of fused-ring (bicyclic) bond motifs is 5. The first-order chi connectivity index (χ1) is 11.3. The molecular weight excluding hydrogens is 310 g/mol. The number of nitrogens with one attached hydrogen (secondary N) is 1. The van der Waals surface area contributed by atoms with Crippen molar-refractivity contribution >= 4 is 42.8 Å². The third kappa shape index (κ3) is 1.86. The quantitative estimate of drug-likeness (QED) is 0.582. The molecule has 0 radical (unpaired) electrons. The van der Waals surface area contributed by atoms with E-state index in [-0.39, 0.29) is 11.6 Å². The molecule has 1 N–H and O–H groups in total. The molecule has 0 bridgehead atoms. The second kappa shape index (κ2) is 4.86. The number of aromatic nitrogens is 5. The van der Waals surface area contributed by atoms with E-state index >= 15 is 0 Å². The van der Waals surface area contributed by atoms with Crippen LogP contribution in [-0.2, 0) is 0 Å². The van der Waals surface area contributed by atoms with Crippen molar-refractivity contribution in [1.29, 1.82) is 0 Å². The van der Waals surface area contributed by atoms with Crippen LogP contribution in [0.5, 0.6) is 0 Å². The minimum absolute atomic E-state index is 0.0635. The first kappa shape index (κ1) is 13.2. The molecule has 1 aliphatic rings. The Balaban J connectivity index is 1.81. The van der Waals surface area contributed by atoms with E-state index in [1.54, 1.807) is 18.9 Å². The van der Waals surface area contributed by atoms with E-state index in [2.05, 4.69) is 19.9 Å². The lowest BCUT2D eigenvalue weighted by Gasteiger charge is -2.23. The van der Waals surface area contributed by atoms with Gasteiger partial charge in [-0.25, -0.2) is 15.0 Å². The van der Waals surface area contributed by atoms with Gasteiger partial charge in [0.1, 0.15) is 20.6 Å². The highest BCUT2D eigenvalue weighted by Crippen LogP contribution is 2.34. The van der Waals surface area contributed by atoms with E-state index in [1.807, 2.05) is 4.57 Å². The molecule has 1 fully saturated rings. The summed E-state index contributed by atoms with van der Waals surface area (Å²) in [6.07, 6.45) is 10.9. The minimum atomic E-state index is 0.0635. The molecule has 0 atom stereocenters. The number of thiophene rings is 1. The number of pyridine rings is 1. The predicted molar refractivity (Wildman–Crippen MR) is 91.0 cm³/mol. The van der Waals surface area contributed by atoms with Gasteiger partial charge in [-0.3, -0.25) is 9.36 Å². The van der Waals surface area contributed by atoms with Gasteiger partial charge >= 0.3 is 0 Å². The Labute approximate surface area is 135 Å². The molecule has 0 aromatic carbocycles. The normalized spacial score (nSPS) is 16.7. The van der Waals surface area contributed by atoms with Crippen LogP contribution in [0.1, 0.15) is 38.1 Å². The van der Waals surface area contributed by atoms with Gasteiger partial charge in [0.05, 0.1) is 29.8 Å². The Morgan fingerprint density at radius 3 is 2.87 bits per heavy atom. The number of hydrogen-bond donors (Lipinski definition) is 1. The van der Waals surface area contributed by atoms with Crippen LogP contribution in [0.4, 0.5) is 0 Å². The fourth-order valence-electron chi connectivity index (χ4n) is 3.62. The van der Waals surface area contributed by atoms with Gasteiger partial charge in [0.2, 0.25) is 0 Å². The standard InChI is InChI=1S/C16H15N5OS/c22-16-14-13(20-8-21(16)9-4-2-1-3-5-9)11-12-10(18-7-19-12)6-17-15(11)23-14/h6-9H,1-5H2,(H,18,19). The highest BCUT2D eigenvalue weighted by Gasteiger charge is 2.20. The van der Waals surface area contributed by atoms with Crippen LogP contribution in [0, 0.1) is 0 Å². The van der Waals surface area contributed by atoms with Gasteiger partial charge in [-0.2, -0.15) is 0 Å². The van der Waals surface area contributed by atoms with E-state index in [0.717, 1.165) is 39.6 Å². The number of nitrogens with zero attached hydrogens (tertiary/aromatic N) is 4. The largest absolute Gasteiger partial charge is 0.343 e. The van der Waals surface area contributed by atoms with Crippen LogP contribution in [0.15, 0.2) is 23.6 Å². The average Bonchev–Trinajstić information content (AvgIpc) is 3.19. The van der Waals surface area contributed by atoms with E-state index in [4.69, 9.17) is 0 Å². The highest BCUT2D eigenvalue weighted by atomic mass is 32.1. The van der Waals surface area contributed by atoms with E-state index in [1.165, 1.54) is 30.6 Å². The van der Waals surface area contributed by atoms with Crippen LogP contribution in [0.3, 0.4) is 0 Å². The molecule has 23 heavy (non-hydrogen) atoms. The molecule has 4 aromatic rings. The van der Waals surface area contributed by atoms with Gasteiger partial charge in [0.25, 0.3) is 5.56 Å². The molecular formula is C16H15N5OS. The molecule has 4 aromatic heterocycles. The zero-order valence-electron chi connectivity index (χ0n) is 12.5. The minimum Gasteiger partial charge on any atom is -0.343 e. The first-order valence-electron chi connectivity index (χ1n) is 7.94. The fourth-order valence-corrected chi connectivity index (χ4v) is 4.66. The molecule has 116 valence electrons. The van der Waals surface area contributed by atoms with Crippen LogP contribution in [-0.4, -0.2) is 24.5 Å². The summed E-state index contributed by atoms with van der Waals surface area (Å²) in [6.45, 7) is 0. The van der Waals surface area contributed by atoms with Gasteiger partial charge in [-0.05, 0) is 12.8 Å². The zero-order chi connectivity index (χ0) is 15.4. The van der Waals surface area contributed by atoms with Crippen molar-refractivity contribution in [2.45, 2.75) is 38.1 Å². The molecule has 0 amide bonds. The Hall–Kier alpha value is -2.28. The van der Waals surface area contributed by atoms with E-state index in [9.17, 15) is 4.79 Å². The van der Waals surface area contributed by atoms with Gasteiger partial charge < -0.3 is 4.98 Å². The average molecular weight is 325 g/mol. The molecule has 6 nitrogen and oxygen atoms in total. The lowest BCUT2D eigenvalue weighted by Crippen LogP contribution is -2.26. The summed E-state index contributed by atoms with van der Waals surface area (Å²) in [7, 11) is 0. The second-order valence-electron chi connectivity index (χ2n) is 6.13. The molecule has 7 heteroatoms. The van der Waals surface area contributed by atoms with Crippen molar-refractivity contribution in [2.24, 2.45) is 0 Å². The third-order valence-electron chi connectivity index (χ3n) is 4.79. The van der Waals surface area contributed by atoms with Crippen molar-refractivity contribution in [2.75, 3.05) is 0 Å². The lowest BCUT2D eigenvalue weighted by atomic mass is 9.95. The predicted octanol–water partition coefficient (Wildman–Crippen LogP) is 3.39. The Kier molecular flexibility index (Phi) is 2.78. The van der Waals surface area contributed by atoms with Crippen LogP contribution >= 0.6 is 11.3 Å². The summed E-state index contributed by atoms with van der Waals surface area (Å²) in [5.41, 5.74) is 2.50. The fraction of sp³-hybridized carbons (Fsp3) is 0.375. The van der Waals surface area contributed by atoms with Crippen molar-refractivity contribution < 1.29 is 0 Å². The maximum atomic E-state index is 12.9. The summed E-state index contributed by atoms with van der Waals surface area (Å²) >= 11 is 1.42. The number of H-pyrrole nitrogens is 1. The van der Waals surface area contributed by atoms with Gasteiger partial charge in [0.15, 0.2) is 0 Å². The molecule has 1 saturated carbocycles. The molecule has 1 aliphatic carbocycles. The Bertz CT molecular complexity index is 1090. The SMILES string of the molecule is O=c1c2sc3ncc4[nH]cnc4c3c2ncn1C1CCCCC1. The van der Waals surface area contributed by atoms with Crippen molar-refractivity contribution in [3.8, 4) is 0 Å². The van der Waals surface area contributed by atoms with Crippen molar-refractivity contribution in [1.82, 2.24) is 24.5 Å². The van der Waals surface area contributed by atoms with Crippen molar-refractivity contribution in [3.05, 3.63) is 29.2 Å². The Morgan fingerprint density at radius 1 is 1.13 bits per heavy atom. The van der Waals surface area contributed by atoms with E-state index < -0.39 is 0 Å². The Morgan fingerprint density at radius 2 is 2.00 bits per heavy atom. The summed E-state index contributed by atoms with van der Waals surface area (Å²) < 4.78 is 2.52. The highest BCUT2D eigenvalue weighted by molar-refractivity contribution is 7.25. The summed E-state index contributed by atoms with van der Waals surface area (Å²) in [5, 5.41) is 0.886. The third-order valence-corrected chi connectivity index (χ3v) is 5.86. The zero-order valence-corrected chi connectivity index (χ0v) is 13.3. The van der Waals surface area contributed by atoms with Gasteiger partial charge in [-0.1, -0.05) is 19.3 Å². The summed E-state index contributed by atoms with van der Waals surface area (Å²) in [5.74, 6) is 0. The topological polar surface area (TPSA) is 76.5 Å². The number of imidazole rings is 1.